The first-order valence-electron chi connectivity index (χ1n) is 5.73. The average molecular weight is 184 g/mol. The lowest BCUT2D eigenvalue weighted by atomic mass is 9.98. The summed E-state index contributed by atoms with van der Waals surface area (Å²) in [6, 6.07) is 1.15. The van der Waals surface area contributed by atoms with Gasteiger partial charge >= 0.3 is 0 Å². The second-order valence-corrected chi connectivity index (χ2v) is 4.41. The van der Waals surface area contributed by atoms with Crippen LogP contribution in [0.1, 0.15) is 46.0 Å². The number of hydrogen-bond acceptors (Lipinski definition) is 2. The van der Waals surface area contributed by atoms with E-state index in [2.05, 4.69) is 18.7 Å². The number of piperidine rings is 1. The van der Waals surface area contributed by atoms with Crippen LogP contribution in [0.15, 0.2) is 0 Å². The maximum absolute atomic E-state index is 5.84. The zero-order valence-electron chi connectivity index (χ0n) is 9.13. The molecular weight excluding hydrogens is 160 g/mol. The molecule has 13 heavy (non-hydrogen) atoms. The molecule has 1 heterocycles. The summed E-state index contributed by atoms with van der Waals surface area (Å²) in [4.78, 5) is 2.59. The highest BCUT2D eigenvalue weighted by Crippen LogP contribution is 2.20. The fourth-order valence-corrected chi connectivity index (χ4v) is 2.33. The van der Waals surface area contributed by atoms with Crippen molar-refractivity contribution in [3.63, 3.8) is 0 Å². The lowest BCUT2D eigenvalue weighted by Crippen LogP contribution is -2.45. The van der Waals surface area contributed by atoms with Crippen molar-refractivity contribution >= 4 is 0 Å². The molecule has 0 saturated carbocycles. The molecule has 1 aliphatic heterocycles. The fourth-order valence-electron chi connectivity index (χ4n) is 2.33. The molecule has 1 unspecified atom stereocenters. The van der Waals surface area contributed by atoms with E-state index in [0.717, 1.165) is 12.6 Å². The molecule has 1 fully saturated rings. The molecule has 1 rings (SSSR count). The van der Waals surface area contributed by atoms with Crippen LogP contribution in [0.3, 0.4) is 0 Å². The van der Waals surface area contributed by atoms with E-state index in [4.69, 9.17) is 5.73 Å². The van der Waals surface area contributed by atoms with Crippen LogP contribution in [0.2, 0.25) is 0 Å². The summed E-state index contributed by atoms with van der Waals surface area (Å²) in [6.45, 7) is 6.74. The largest absolute Gasteiger partial charge is 0.327 e. The Morgan fingerprint density at radius 2 is 2.23 bits per heavy atom. The Morgan fingerprint density at radius 3 is 2.85 bits per heavy atom. The van der Waals surface area contributed by atoms with Gasteiger partial charge in [0.1, 0.15) is 0 Å². The third-order valence-electron chi connectivity index (χ3n) is 2.89. The normalized spacial score (nSPS) is 27.5. The Hall–Kier alpha value is -0.0800. The van der Waals surface area contributed by atoms with Gasteiger partial charge in [-0.2, -0.15) is 0 Å². The first-order valence-corrected chi connectivity index (χ1v) is 5.73. The van der Waals surface area contributed by atoms with Crippen LogP contribution in [0.4, 0.5) is 0 Å². The number of nitrogens with zero attached hydrogens (tertiary/aromatic N) is 1. The first-order chi connectivity index (χ1) is 6.24. The van der Waals surface area contributed by atoms with E-state index >= 15 is 0 Å². The molecule has 2 nitrogen and oxygen atoms in total. The minimum atomic E-state index is 0.331. The Kier molecular flexibility index (Phi) is 4.74. The fraction of sp³-hybridized carbons (Fsp3) is 1.00. The highest BCUT2D eigenvalue weighted by molar-refractivity contribution is 4.78. The van der Waals surface area contributed by atoms with Crippen LogP contribution in [0, 0.1) is 0 Å². The van der Waals surface area contributed by atoms with Crippen molar-refractivity contribution < 1.29 is 0 Å². The average Bonchev–Trinajstić information content (AvgIpc) is 2.08. The van der Waals surface area contributed by atoms with Crippen molar-refractivity contribution in [3.05, 3.63) is 0 Å². The molecule has 0 aromatic rings. The molecule has 2 heteroatoms. The molecule has 0 bridgehead atoms. The molecular formula is C11H24N2. The minimum absolute atomic E-state index is 0.331. The van der Waals surface area contributed by atoms with E-state index < -0.39 is 0 Å². The molecule has 2 atom stereocenters. The molecule has 0 aromatic carbocycles. The Bertz CT molecular complexity index is 132. The van der Waals surface area contributed by atoms with E-state index in [1.54, 1.807) is 0 Å². The standard InChI is InChI=1S/C11H24N2/c1-3-6-11-7-4-5-8-13(11)9-10(2)12/h10-11H,3-9,12H2,1-2H3/t10-,11?/m1/s1. The van der Waals surface area contributed by atoms with Crippen LogP contribution >= 0.6 is 0 Å². The molecule has 1 saturated heterocycles. The van der Waals surface area contributed by atoms with E-state index in [-0.39, 0.29) is 0 Å². The summed E-state index contributed by atoms with van der Waals surface area (Å²) in [5.41, 5.74) is 5.84. The molecule has 0 radical (unpaired) electrons. The number of hydrogen-bond donors (Lipinski definition) is 1. The quantitative estimate of drug-likeness (QED) is 0.724. The van der Waals surface area contributed by atoms with Crippen LogP contribution in [-0.2, 0) is 0 Å². The van der Waals surface area contributed by atoms with Gasteiger partial charge in [0.2, 0.25) is 0 Å². The van der Waals surface area contributed by atoms with Crippen LogP contribution in [-0.4, -0.2) is 30.1 Å². The molecule has 1 aliphatic rings. The van der Waals surface area contributed by atoms with E-state index in [1.165, 1.54) is 38.6 Å². The number of rotatable bonds is 4. The highest BCUT2D eigenvalue weighted by Gasteiger charge is 2.21. The predicted octanol–water partition coefficient (Wildman–Crippen LogP) is 1.99. The molecule has 0 aliphatic carbocycles. The van der Waals surface area contributed by atoms with Gasteiger partial charge in [-0.25, -0.2) is 0 Å². The van der Waals surface area contributed by atoms with Crippen LogP contribution in [0.25, 0.3) is 0 Å². The van der Waals surface area contributed by atoms with Gasteiger partial charge in [0.25, 0.3) is 0 Å². The van der Waals surface area contributed by atoms with Crippen LogP contribution < -0.4 is 5.73 Å². The predicted molar refractivity (Wildman–Crippen MR) is 57.8 cm³/mol. The highest BCUT2D eigenvalue weighted by atomic mass is 15.2. The third kappa shape index (κ3) is 3.65. The smallest absolute Gasteiger partial charge is 0.0139 e. The second kappa shape index (κ2) is 5.61. The summed E-state index contributed by atoms with van der Waals surface area (Å²) in [5.74, 6) is 0. The Balaban J connectivity index is 2.36. The van der Waals surface area contributed by atoms with Gasteiger partial charge in [-0.15, -0.1) is 0 Å². The van der Waals surface area contributed by atoms with Gasteiger partial charge < -0.3 is 5.73 Å². The monoisotopic (exact) mass is 184 g/mol. The van der Waals surface area contributed by atoms with Crippen molar-refractivity contribution in [3.8, 4) is 0 Å². The molecule has 0 aromatic heterocycles. The van der Waals surface area contributed by atoms with E-state index in [9.17, 15) is 0 Å². The van der Waals surface area contributed by atoms with Crippen molar-refractivity contribution in [1.29, 1.82) is 0 Å². The summed E-state index contributed by atoms with van der Waals surface area (Å²) in [5, 5.41) is 0. The topological polar surface area (TPSA) is 29.3 Å². The van der Waals surface area contributed by atoms with E-state index in [0.29, 0.717) is 6.04 Å². The van der Waals surface area contributed by atoms with E-state index in [1.807, 2.05) is 0 Å². The van der Waals surface area contributed by atoms with Gasteiger partial charge in [-0.3, -0.25) is 4.90 Å². The van der Waals surface area contributed by atoms with Crippen molar-refractivity contribution in [2.75, 3.05) is 13.1 Å². The third-order valence-corrected chi connectivity index (χ3v) is 2.89. The first kappa shape index (κ1) is 11.0. The van der Waals surface area contributed by atoms with Crippen molar-refractivity contribution in [2.24, 2.45) is 5.73 Å². The molecule has 0 spiro atoms. The summed E-state index contributed by atoms with van der Waals surface area (Å²) in [6.07, 6.45) is 6.83. The maximum Gasteiger partial charge on any atom is 0.0139 e. The van der Waals surface area contributed by atoms with Gasteiger partial charge in [-0.05, 0) is 32.7 Å². The lowest BCUT2D eigenvalue weighted by Gasteiger charge is -2.36. The van der Waals surface area contributed by atoms with Crippen LogP contribution in [0.5, 0.6) is 0 Å². The summed E-state index contributed by atoms with van der Waals surface area (Å²) < 4.78 is 0. The Morgan fingerprint density at radius 1 is 1.46 bits per heavy atom. The SMILES string of the molecule is CCCC1CCCCN1C[C@@H](C)N. The van der Waals surface area contributed by atoms with Crippen molar-refractivity contribution in [2.45, 2.75) is 58.0 Å². The van der Waals surface area contributed by atoms with Gasteiger partial charge in [0.15, 0.2) is 0 Å². The molecule has 0 amide bonds. The maximum atomic E-state index is 5.84. The van der Waals surface area contributed by atoms with Crippen molar-refractivity contribution in [1.82, 2.24) is 4.90 Å². The van der Waals surface area contributed by atoms with Gasteiger partial charge in [0, 0.05) is 18.6 Å². The summed E-state index contributed by atoms with van der Waals surface area (Å²) in [7, 11) is 0. The second-order valence-electron chi connectivity index (χ2n) is 4.41. The number of nitrogens with two attached hydrogens (primary N) is 1. The number of likely N-dealkylation sites (tertiary alicyclic amines) is 1. The zero-order valence-corrected chi connectivity index (χ0v) is 9.13. The summed E-state index contributed by atoms with van der Waals surface area (Å²) >= 11 is 0. The molecule has 78 valence electrons. The van der Waals surface area contributed by atoms with Gasteiger partial charge in [-0.1, -0.05) is 19.8 Å². The lowest BCUT2D eigenvalue weighted by molar-refractivity contribution is 0.133. The Labute approximate surface area is 82.5 Å². The minimum Gasteiger partial charge on any atom is -0.327 e. The molecule has 2 N–H and O–H groups in total. The zero-order chi connectivity index (χ0) is 9.68. The van der Waals surface area contributed by atoms with Gasteiger partial charge in [0.05, 0.1) is 0 Å².